The zero-order valence-electron chi connectivity index (χ0n) is 14.5. The van der Waals surface area contributed by atoms with E-state index in [4.69, 9.17) is 5.73 Å². The van der Waals surface area contributed by atoms with E-state index in [0.29, 0.717) is 25.0 Å². The van der Waals surface area contributed by atoms with E-state index in [9.17, 15) is 4.79 Å². The lowest BCUT2D eigenvalue weighted by Gasteiger charge is -2.34. The second-order valence-electron chi connectivity index (χ2n) is 7.14. The average Bonchev–Trinajstić information content (AvgIpc) is 3.04. The van der Waals surface area contributed by atoms with E-state index in [0.717, 1.165) is 45.6 Å². The molecule has 24 heavy (non-hydrogen) atoms. The number of nitrogens with zero attached hydrogens (tertiary/aromatic N) is 2. The van der Waals surface area contributed by atoms with Crippen LogP contribution in [-0.2, 0) is 11.3 Å². The van der Waals surface area contributed by atoms with Gasteiger partial charge in [-0.3, -0.25) is 14.6 Å². The monoisotopic (exact) mass is 330 g/mol. The molecule has 2 atom stereocenters. The molecule has 5 heteroatoms. The van der Waals surface area contributed by atoms with E-state index in [-0.39, 0.29) is 5.91 Å². The normalized spacial score (nSPS) is 25.7. The summed E-state index contributed by atoms with van der Waals surface area (Å²) in [6.45, 7) is 6.18. The Morgan fingerprint density at radius 2 is 1.79 bits per heavy atom. The van der Waals surface area contributed by atoms with Crippen molar-refractivity contribution >= 4 is 5.91 Å². The van der Waals surface area contributed by atoms with Crippen molar-refractivity contribution < 1.29 is 4.79 Å². The number of amides is 1. The Labute approximate surface area is 145 Å². The van der Waals surface area contributed by atoms with Gasteiger partial charge < -0.3 is 11.1 Å². The summed E-state index contributed by atoms with van der Waals surface area (Å²) in [5.41, 5.74) is 7.15. The van der Waals surface area contributed by atoms with E-state index in [1.54, 1.807) is 0 Å². The third-order valence-electron chi connectivity index (χ3n) is 5.39. The summed E-state index contributed by atoms with van der Waals surface area (Å²) >= 11 is 0. The lowest BCUT2D eigenvalue weighted by atomic mass is 10.0. The minimum atomic E-state index is 0.164. The summed E-state index contributed by atoms with van der Waals surface area (Å²) in [5.74, 6) is 0.633. The summed E-state index contributed by atoms with van der Waals surface area (Å²) in [6.07, 6.45) is 3.42. The molecule has 1 aliphatic heterocycles. The molecule has 0 radical (unpaired) electrons. The molecule has 2 fully saturated rings. The van der Waals surface area contributed by atoms with Crippen molar-refractivity contribution in [2.45, 2.75) is 31.8 Å². The molecule has 1 amide bonds. The maximum absolute atomic E-state index is 12.3. The van der Waals surface area contributed by atoms with Gasteiger partial charge in [0.15, 0.2) is 0 Å². The highest BCUT2D eigenvalue weighted by Gasteiger charge is 2.28. The van der Waals surface area contributed by atoms with Gasteiger partial charge in [0.05, 0.1) is 6.54 Å². The Balaban J connectivity index is 1.38. The van der Waals surface area contributed by atoms with E-state index in [1.807, 2.05) is 0 Å². The first-order valence-corrected chi connectivity index (χ1v) is 9.22. The van der Waals surface area contributed by atoms with Gasteiger partial charge in [0.25, 0.3) is 0 Å². The predicted molar refractivity (Wildman–Crippen MR) is 96.5 cm³/mol. The molecular formula is C19H30N4O. The molecule has 1 aromatic carbocycles. The first-order chi connectivity index (χ1) is 11.7. The minimum Gasteiger partial charge on any atom is -0.352 e. The average molecular weight is 330 g/mol. The summed E-state index contributed by atoms with van der Waals surface area (Å²) in [5, 5.41) is 3.20. The smallest absolute Gasteiger partial charge is 0.234 e. The molecule has 1 saturated carbocycles. The number of hydrogen-bond acceptors (Lipinski definition) is 4. The Morgan fingerprint density at radius 3 is 2.50 bits per heavy atom. The quantitative estimate of drug-likeness (QED) is 0.818. The fourth-order valence-corrected chi connectivity index (χ4v) is 3.91. The van der Waals surface area contributed by atoms with Crippen LogP contribution in [0.3, 0.4) is 0 Å². The molecule has 2 unspecified atom stereocenters. The van der Waals surface area contributed by atoms with Crippen LogP contribution in [0.25, 0.3) is 0 Å². The molecule has 3 rings (SSSR count). The zero-order chi connectivity index (χ0) is 16.8. The Bertz CT molecular complexity index is 513. The number of rotatable bonds is 6. The molecule has 0 spiro atoms. The van der Waals surface area contributed by atoms with E-state index < -0.39 is 0 Å². The van der Waals surface area contributed by atoms with Crippen molar-refractivity contribution in [1.82, 2.24) is 15.1 Å². The fraction of sp³-hybridized carbons (Fsp3) is 0.632. The fourth-order valence-electron chi connectivity index (χ4n) is 3.91. The van der Waals surface area contributed by atoms with Gasteiger partial charge in [-0.15, -0.1) is 0 Å². The maximum atomic E-state index is 12.3. The first-order valence-electron chi connectivity index (χ1n) is 9.22. The molecular weight excluding hydrogens is 300 g/mol. The third kappa shape index (κ3) is 4.79. The van der Waals surface area contributed by atoms with Gasteiger partial charge in [-0.2, -0.15) is 0 Å². The molecule has 1 heterocycles. The van der Waals surface area contributed by atoms with Crippen molar-refractivity contribution in [3.63, 3.8) is 0 Å². The van der Waals surface area contributed by atoms with Crippen LogP contribution < -0.4 is 11.1 Å². The highest BCUT2D eigenvalue weighted by molar-refractivity contribution is 5.78. The molecule has 1 aromatic rings. The Kier molecular flexibility index (Phi) is 6.24. The van der Waals surface area contributed by atoms with Crippen molar-refractivity contribution in [3.8, 4) is 0 Å². The van der Waals surface area contributed by atoms with E-state index in [1.165, 1.54) is 12.0 Å². The Hall–Kier alpha value is -1.43. The van der Waals surface area contributed by atoms with Gasteiger partial charge in [-0.1, -0.05) is 36.8 Å². The molecule has 132 valence electrons. The van der Waals surface area contributed by atoms with Crippen LogP contribution in [0.5, 0.6) is 0 Å². The number of piperazine rings is 1. The lowest BCUT2D eigenvalue weighted by Crippen LogP contribution is -2.50. The lowest BCUT2D eigenvalue weighted by molar-refractivity contribution is -0.123. The number of hydrogen-bond donors (Lipinski definition) is 2. The van der Waals surface area contributed by atoms with Crippen molar-refractivity contribution in [2.75, 3.05) is 39.3 Å². The summed E-state index contributed by atoms with van der Waals surface area (Å²) < 4.78 is 0. The number of carbonyl (C=O) groups excluding carboxylic acids is 1. The molecule has 0 bridgehead atoms. The summed E-state index contributed by atoms with van der Waals surface area (Å²) in [7, 11) is 0. The van der Waals surface area contributed by atoms with Gasteiger partial charge in [-0.25, -0.2) is 0 Å². The highest BCUT2D eigenvalue weighted by Crippen LogP contribution is 2.24. The van der Waals surface area contributed by atoms with Crippen LogP contribution in [0, 0.1) is 5.92 Å². The van der Waals surface area contributed by atoms with Crippen LogP contribution in [0.15, 0.2) is 30.3 Å². The third-order valence-corrected chi connectivity index (χ3v) is 5.39. The highest BCUT2D eigenvalue weighted by atomic mass is 16.2. The van der Waals surface area contributed by atoms with Crippen molar-refractivity contribution in [3.05, 3.63) is 35.9 Å². The Morgan fingerprint density at radius 1 is 1.08 bits per heavy atom. The number of nitrogens with two attached hydrogens (primary N) is 1. The predicted octanol–water partition coefficient (Wildman–Crippen LogP) is 1.05. The summed E-state index contributed by atoms with van der Waals surface area (Å²) in [4.78, 5) is 17.0. The second-order valence-corrected chi connectivity index (χ2v) is 7.14. The van der Waals surface area contributed by atoms with Crippen molar-refractivity contribution in [2.24, 2.45) is 11.7 Å². The van der Waals surface area contributed by atoms with Crippen LogP contribution in [0.4, 0.5) is 0 Å². The molecule has 3 N–H and O–H groups in total. The molecule has 2 aliphatic rings. The molecule has 0 aromatic heterocycles. The van der Waals surface area contributed by atoms with Crippen molar-refractivity contribution in [1.29, 1.82) is 0 Å². The van der Waals surface area contributed by atoms with E-state index in [2.05, 4.69) is 45.4 Å². The summed E-state index contributed by atoms with van der Waals surface area (Å²) in [6, 6.07) is 10.9. The minimum absolute atomic E-state index is 0.164. The standard InChI is InChI=1S/C19H30N4O/c20-13-17-7-4-8-18(17)21-19(24)15-23-11-9-22(10-12-23)14-16-5-2-1-3-6-16/h1-3,5-6,17-18H,4,7-15,20H2,(H,21,24). The maximum Gasteiger partial charge on any atom is 0.234 e. The van der Waals surface area contributed by atoms with Gasteiger partial charge in [0.1, 0.15) is 0 Å². The van der Waals surface area contributed by atoms with Gasteiger partial charge in [0, 0.05) is 38.8 Å². The van der Waals surface area contributed by atoms with E-state index >= 15 is 0 Å². The number of benzene rings is 1. The molecule has 5 nitrogen and oxygen atoms in total. The second kappa shape index (κ2) is 8.60. The van der Waals surface area contributed by atoms with Gasteiger partial charge in [-0.05, 0) is 30.9 Å². The SMILES string of the molecule is NCC1CCCC1NC(=O)CN1CCN(Cc2ccccc2)CC1. The zero-order valence-corrected chi connectivity index (χ0v) is 14.5. The molecule has 1 saturated heterocycles. The molecule has 1 aliphatic carbocycles. The van der Waals surface area contributed by atoms with Gasteiger partial charge in [0.2, 0.25) is 5.91 Å². The first kappa shape index (κ1) is 17.4. The van der Waals surface area contributed by atoms with Crippen LogP contribution >= 0.6 is 0 Å². The number of nitrogens with one attached hydrogen (secondary N) is 1. The van der Waals surface area contributed by atoms with Gasteiger partial charge >= 0.3 is 0 Å². The largest absolute Gasteiger partial charge is 0.352 e. The topological polar surface area (TPSA) is 61.6 Å². The van der Waals surface area contributed by atoms with Crippen LogP contribution in [0.2, 0.25) is 0 Å². The number of carbonyl (C=O) groups is 1. The van der Waals surface area contributed by atoms with Crippen LogP contribution in [-0.4, -0.2) is 61.0 Å². The van der Waals surface area contributed by atoms with Crippen LogP contribution in [0.1, 0.15) is 24.8 Å².